The van der Waals surface area contributed by atoms with Crippen LogP contribution >= 0.6 is 0 Å². The van der Waals surface area contributed by atoms with Crippen molar-refractivity contribution in [1.29, 1.82) is 0 Å². The summed E-state index contributed by atoms with van der Waals surface area (Å²) in [6.45, 7) is 0.292. The van der Waals surface area contributed by atoms with Crippen LogP contribution in [0.2, 0.25) is 0 Å². The number of amides is 1. The van der Waals surface area contributed by atoms with Crippen LogP contribution in [0.25, 0.3) is 0 Å². The highest BCUT2D eigenvalue weighted by Crippen LogP contribution is 2.40. The Morgan fingerprint density at radius 2 is 1.96 bits per heavy atom. The molecule has 1 amide bonds. The first-order valence-electron chi connectivity index (χ1n) is 8.67. The van der Waals surface area contributed by atoms with E-state index in [1.807, 2.05) is 0 Å². The minimum absolute atomic E-state index is 0.0672. The molecule has 2 aromatic rings. The number of hydrogen-bond acceptors (Lipinski definition) is 5. The lowest BCUT2D eigenvalue weighted by Crippen LogP contribution is -2.33. The zero-order chi connectivity index (χ0) is 18.3. The normalized spacial score (nSPS) is 22.8. The molecule has 1 saturated heterocycles. The maximum atomic E-state index is 14.1. The van der Waals surface area contributed by atoms with E-state index >= 15 is 0 Å². The molecule has 2 aliphatic rings. The minimum atomic E-state index is -3.56. The fraction of sp³-hybridized carbons (Fsp3) is 0.444. The molecule has 1 aliphatic carbocycles. The lowest BCUT2D eigenvalue weighted by Gasteiger charge is -2.18. The predicted molar refractivity (Wildman–Crippen MR) is 91.9 cm³/mol. The zero-order valence-electron chi connectivity index (χ0n) is 14.1. The van der Waals surface area contributed by atoms with Crippen LogP contribution in [-0.2, 0) is 9.84 Å². The second-order valence-electron chi connectivity index (χ2n) is 6.85. The van der Waals surface area contributed by atoms with E-state index in [1.165, 1.54) is 23.1 Å². The Bertz CT molecular complexity index is 936. The summed E-state index contributed by atoms with van der Waals surface area (Å²) in [6, 6.07) is 7.55. The van der Waals surface area contributed by atoms with Gasteiger partial charge in [0.25, 0.3) is 5.91 Å². The zero-order valence-corrected chi connectivity index (χ0v) is 14.9. The van der Waals surface area contributed by atoms with Crippen LogP contribution < -0.4 is 0 Å². The van der Waals surface area contributed by atoms with Crippen molar-refractivity contribution in [3.05, 3.63) is 53.2 Å². The van der Waals surface area contributed by atoms with Gasteiger partial charge >= 0.3 is 0 Å². The van der Waals surface area contributed by atoms with Gasteiger partial charge in [-0.15, -0.1) is 0 Å². The molecular formula is C18H19FN2O4S. The summed E-state index contributed by atoms with van der Waals surface area (Å²) < 4.78 is 44.5. The molecule has 2 fully saturated rings. The molecule has 6 nitrogen and oxygen atoms in total. The Morgan fingerprint density at radius 1 is 1.19 bits per heavy atom. The Hall–Kier alpha value is -2.22. The van der Waals surface area contributed by atoms with Crippen LogP contribution in [0.5, 0.6) is 0 Å². The van der Waals surface area contributed by atoms with Gasteiger partial charge < -0.3 is 9.42 Å². The molecule has 1 aromatic carbocycles. The van der Waals surface area contributed by atoms with E-state index < -0.39 is 20.9 Å². The van der Waals surface area contributed by atoms with Crippen molar-refractivity contribution in [3.63, 3.8) is 0 Å². The van der Waals surface area contributed by atoms with Crippen molar-refractivity contribution in [2.75, 3.05) is 18.8 Å². The Balaban J connectivity index is 1.54. The van der Waals surface area contributed by atoms with Gasteiger partial charge in [-0.3, -0.25) is 4.79 Å². The van der Waals surface area contributed by atoms with Crippen molar-refractivity contribution in [1.82, 2.24) is 10.1 Å². The molecule has 2 heterocycles. The number of carbonyl (C=O) groups excluding carboxylic acids is 1. The number of sulfone groups is 1. The van der Waals surface area contributed by atoms with Crippen LogP contribution in [-0.4, -0.2) is 43.2 Å². The molecule has 4 rings (SSSR count). The summed E-state index contributed by atoms with van der Waals surface area (Å²) in [7, 11) is -3.56. The van der Waals surface area contributed by atoms with Crippen LogP contribution in [0, 0.1) is 5.82 Å². The molecule has 1 unspecified atom stereocenters. The summed E-state index contributed by atoms with van der Waals surface area (Å²) in [5, 5.41) is 2.89. The maximum Gasteiger partial charge on any atom is 0.276 e. The van der Waals surface area contributed by atoms with Gasteiger partial charge in [-0.25, -0.2) is 12.8 Å². The third-order valence-corrected chi connectivity index (χ3v) is 7.12. The molecule has 0 N–H and O–H groups in total. The smallest absolute Gasteiger partial charge is 0.276 e. The predicted octanol–water partition coefficient (Wildman–Crippen LogP) is 2.69. The third-order valence-electron chi connectivity index (χ3n) is 5.01. The van der Waals surface area contributed by atoms with E-state index in [-0.39, 0.29) is 42.4 Å². The molecular weight excluding hydrogens is 359 g/mol. The summed E-state index contributed by atoms with van der Waals surface area (Å²) in [5.41, 5.74) is 0.368. The van der Waals surface area contributed by atoms with Crippen LogP contribution in [0.4, 0.5) is 4.39 Å². The number of benzene rings is 1. The third kappa shape index (κ3) is 3.25. The monoisotopic (exact) mass is 378 g/mol. The molecule has 138 valence electrons. The lowest BCUT2D eigenvalue weighted by atomic mass is 10.1. The van der Waals surface area contributed by atoms with Gasteiger partial charge in [0.15, 0.2) is 15.5 Å². The highest BCUT2D eigenvalue weighted by atomic mass is 32.2. The molecule has 26 heavy (non-hydrogen) atoms. The quantitative estimate of drug-likeness (QED) is 0.820. The first kappa shape index (κ1) is 17.2. The van der Waals surface area contributed by atoms with Gasteiger partial charge in [-0.05, 0) is 25.3 Å². The van der Waals surface area contributed by atoms with Gasteiger partial charge in [0.1, 0.15) is 11.6 Å². The van der Waals surface area contributed by atoms with Gasteiger partial charge in [-0.1, -0.05) is 23.4 Å². The molecule has 0 spiro atoms. The van der Waals surface area contributed by atoms with Gasteiger partial charge in [0, 0.05) is 30.6 Å². The van der Waals surface area contributed by atoms with Crippen molar-refractivity contribution in [2.45, 2.75) is 30.4 Å². The fourth-order valence-corrected chi connectivity index (χ4v) is 5.15. The van der Waals surface area contributed by atoms with Gasteiger partial charge in [-0.2, -0.15) is 0 Å². The first-order chi connectivity index (χ1) is 12.5. The number of aromatic nitrogens is 1. The molecule has 1 atom stereocenters. The highest BCUT2D eigenvalue weighted by Gasteiger charge is 2.35. The van der Waals surface area contributed by atoms with Crippen LogP contribution in [0.3, 0.4) is 0 Å². The van der Waals surface area contributed by atoms with E-state index in [1.54, 1.807) is 12.1 Å². The van der Waals surface area contributed by atoms with Crippen molar-refractivity contribution in [2.24, 2.45) is 0 Å². The first-order valence-corrected chi connectivity index (χ1v) is 10.4. The second-order valence-corrected chi connectivity index (χ2v) is 9.15. The van der Waals surface area contributed by atoms with E-state index in [0.29, 0.717) is 11.7 Å². The average molecular weight is 378 g/mol. The number of nitrogens with zero attached hydrogens (tertiary/aromatic N) is 2. The van der Waals surface area contributed by atoms with Gasteiger partial charge in [0.05, 0.1) is 11.0 Å². The van der Waals surface area contributed by atoms with Crippen molar-refractivity contribution in [3.8, 4) is 0 Å². The lowest BCUT2D eigenvalue weighted by molar-refractivity contribution is 0.0756. The Morgan fingerprint density at radius 3 is 2.69 bits per heavy atom. The summed E-state index contributed by atoms with van der Waals surface area (Å²) >= 11 is 0. The molecule has 1 aliphatic heterocycles. The average Bonchev–Trinajstić information content (AvgIpc) is 3.37. The van der Waals surface area contributed by atoms with Crippen molar-refractivity contribution < 1.29 is 22.1 Å². The maximum absolute atomic E-state index is 14.1. The molecule has 0 radical (unpaired) electrons. The SMILES string of the molecule is O=C(c1cc(C2CC2)on1)N1CCC(c2ccccc2F)S(=O)(=O)CC1. The van der Waals surface area contributed by atoms with E-state index in [0.717, 1.165) is 12.8 Å². The summed E-state index contributed by atoms with van der Waals surface area (Å²) in [4.78, 5) is 14.1. The molecule has 1 saturated carbocycles. The number of rotatable bonds is 3. The number of hydrogen-bond donors (Lipinski definition) is 0. The van der Waals surface area contributed by atoms with E-state index in [2.05, 4.69) is 5.16 Å². The van der Waals surface area contributed by atoms with Crippen molar-refractivity contribution >= 4 is 15.7 Å². The summed E-state index contributed by atoms with van der Waals surface area (Å²) in [5.74, 6) is -0.0269. The Labute approximate surface area is 150 Å². The highest BCUT2D eigenvalue weighted by molar-refractivity contribution is 7.91. The Kier molecular flexibility index (Phi) is 4.30. The number of halogens is 1. The van der Waals surface area contributed by atoms with Crippen LogP contribution in [0.15, 0.2) is 34.9 Å². The minimum Gasteiger partial charge on any atom is -0.360 e. The second kappa shape index (κ2) is 6.50. The molecule has 8 heteroatoms. The largest absolute Gasteiger partial charge is 0.360 e. The molecule has 0 bridgehead atoms. The number of carbonyl (C=O) groups is 1. The molecule has 1 aromatic heterocycles. The summed E-state index contributed by atoms with van der Waals surface area (Å²) in [6.07, 6.45) is 2.23. The fourth-order valence-electron chi connectivity index (χ4n) is 3.34. The standard InChI is InChI=1S/C18H19FN2O4S/c19-14-4-2-1-3-13(14)17-7-8-21(9-10-26(17,23)24)18(22)15-11-16(25-20-15)12-5-6-12/h1-4,11-12,17H,5-10H2. The van der Waals surface area contributed by atoms with E-state index in [9.17, 15) is 17.6 Å². The van der Waals surface area contributed by atoms with Gasteiger partial charge in [0.2, 0.25) is 0 Å². The van der Waals surface area contributed by atoms with Crippen LogP contribution in [0.1, 0.15) is 52.2 Å². The topological polar surface area (TPSA) is 80.5 Å². The van der Waals surface area contributed by atoms with E-state index in [4.69, 9.17) is 4.52 Å².